The van der Waals surface area contributed by atoms with Crippen molar-refractivity contribution in [1.29, 1.82) is 5.26 Å². The molecule has 1 aromatic heterocycles. The van der Waals surface area contributed by atoms with Gasteiger partial charge in [0, 0.05) is 0 Å². The predicted molar refractivity (Wildman–Crippen MR) is 80.3 cm³/mol. The van der Waals surface area contributed by atoms with E-state index in [1.165, 1.54) is 12.1 Å². The van der Waals surface area contributed by atoms with E-state index in [0.29, 0.717) is 28.1 Å². The fourth-order valence-electron chi connectivity index (χ4n) is 2.26. The normalized spacial score (nSPS) is 10.8. The summed E-state index contributed by atoms with van der Waals surface area (Å²) >= 11 is 12.1. The number of hydrogen-bond acceptors (Lipinski definition) is 2. The lowest BCUT2D eigenvalue weighted by molar-refractivity contribution is 0.627. The van der Waals surface area contributed by atoms with Crippen LogP contribution >= 0.6 is 23.2 Å². The number of imidazole rings is 1. The molecule has 0 saturated heterocycles. The first-order valence-corrected chi connectivity index (χ1v) is 6.98. The van der Waals surface area contributed by atoms with Crippen LogP contribution in [0.25, 0.3) is 16.7 Å². The first kappa shape index (κ1) is 13.9. The molecule has 0 unspecified atom stereocenters. The summed E-state index contributed by atoms with van der Waals surface area (Å²) in [6.07, 6.45) is 0. The summed E-state index contributed by atoms with van der Waals surface area (Å²) in [7, 11) is 0. The van der Waals surface area contributed by atoms with Gasteiger partial charge in [-0.2, -0.15) is 5.26 Å². The minimum atomic E-state index is -0.418. The molecule has 0 bridgehead atoms. The van der Waals surface area contributed by atoms with E-state index in [1.807, 2.05) is 6.07 Å². The summed E-state index contributed by atoms with van der Waals surface area (Å²) in [5, 5.41) is 9.41. The van der Waals surface area contributed by atoms with Gasteiger partial charge in [-0.25, -0.2) is 9.37 Å². The van der Waals surface area contributed by atoms with Crippen molar-refractivity contribution in [3.8, 4) is 11.8 Å². The monoisotopic (exact) mass is 319 g/mol. The van der Waals surface area contributed by atoms with E-state index in [-0.39, 0.29) is 10.9 Å². The van der Waals surface area contributed by atoms with Gasteiger partial charge in [0.15, 0.2) is 0 Å². The van der Waals surface area contributed by atoms with Crippen LogP contribution < -0.4 is 0 Å². The predicted octanol–water partition coefficient (Wildman–Crippen LogP) is 4.43. The van der Waals surface area contributed by atoms with Crippen LogP contribution in [0.4, 0.5) is 4.39 Å². The molecule has 0 amide bonds. The Labute approximate surface area is 130 Å². The average Bonchev–Trinajstić information content (AvgIpc) is 2.85. The molecule has 3 nitrogen and oxygen atoms in total. The van der Waals surface area contributed by atoms with E-state index in [2.05, 4.69) is 11.1 Å². The Morgan fingerprint density at radius 3 is 2.76 bits per heavy atom. The highest BCUT2D eigenvalue weighted by atomic mass is 35.5. The van der Waals surface area contributed by atoms with E-state index in [9.17, 15) is 4.39 Å². The molecule has 0 spiro atoms. The van der Waals surface area contributed by atoms with Gasteiger partial charge in [0.05, 0.1) is 27.7 Å². The summed E-state index contributed by atoms with van der Waals surface area (Å²) < 4.78 is 15.0. The summed E-state index contributed by atoms with van der Waals surface area (Å²) in [4.78, 5) is 4.40. The van der Waals surface area contributed by atoms with Crippen LogP contribution in [0.1, 0.15) is 11.4 Å². The van der Waals surface area contributed by atoms with Gasteiger partial charge in [-0.3, -0.25) is 4.57 Å². The van der Waals surface area contributed by atoms with Gasteiger partial charge in [0.25, 0.3) is 0 Å². The number of hydrogen-bond donors (Lipinski definition) is 0. The van der Waals surface area contributed by atoms with Crippen LogP contribution in [0.15, 0.2) is 36.4 Å². The van der Waals surface area contributed by atoms with Crippen molar-refractivity contribution >= 4 is 34.2 Å². The molecule has 2 aromatic carbocycles. The number of alkyl halides is 1. The second-order valence-electron chi connectivity index (χ2n) is 4.38. The van der Waals surface area contributed by atoms with Crippen molar-refractivity contribution in [1.82, 2.24) is 9.55 Å². The maximum absolute atomic E-state index is 13.2. The number of aromatic nitrogens is 2. The Hall–Kier alpha value is -2.09. The highest BCUT2D eigenvalue weighted by Gasteiger charge is 2.16. The molecule has 0 radical (unpaired) electrons. The fourth-order valence-corrected chi connectivity index (χ4v) is 2.69. The summed E-state index contributed by atoms with van der Waals surface area (Å²) in [5.74, 6) is 0.272. The van der Waals surface area contributed by atoms with Crippen LogP contribution in [0.5, 0.6) is 0 Å². The van der Waals surface area contributed by atoms with Gasteiger partial charge < -0.3 is 0 Å². The quantitative estimate of drug-likeness (QED) is 0.656. The molecule has 0 N–H and O–H groups in total. The number of fused-ring (bicyclic) bond motifs is 1. The third-order valence-corrected chi connectivity index (χ3v) is 3.69. The van der Waals surface area contributed by atoms with E-state index in [1.54, 1.807) is 22.8 Å². The van der Waals surface area contributed by atoms with Crippen LogP contribution in [0.2, 0.25) is 5.02 Å². The minimum absolute atomic E-state index is 0.146. The first-order valence-electron chi connectivity index (χ1n) is 6.07. The number of nitriles is 1. The standard InChI is InChI=1S/C15H8Cl2FN3/c16-7-14-20-15-9(8-19)2-1-3-13(15)21(14)12-5-4-10(18)6-11(12)17/h1-6H,7H2. The topological polar surface area (TPSA) is 41.6 Å². The van der Waals surface area contributed by atoms with Gasteiger partial charge in [0.2, 0.25) is 0 Å². The minimum Gasteiger partial charge on any atom is -0.294 e. The molecule has 0 aliphatic carbocycles. The molecule has 0 aliphatic heterocycles. The van der Waals surface area contributed by atoms with Gasteiger partial charge >= 0.3 is 0 Å². The van der Waals surface area contributed by atoms with Gasteiger partial charge in [-0.05, 0) is 30.3 Å². The van der Waals surface area contributed by atoms with Crippen molar-refractivity contribution in [2.45, 2.75) is 5.88 Å². The molecule has 0 aliphatic rings. The molecule has 21 heavy (non-hydrogen) atoms. The van der Waals surface area contributed by atoms with Gasteiger partial charge in [-0.15, -0.1) is 11.6 Å². The van der Waals surface area contributed by atoms with Crippen LogP contribution in [-0.2, 0) is 5.88 Å². The van der Waals surface area contributed by atoms with E-state index < -0.39 is 5.82 Å². The Morgan fingerprint density at radius 1 is 1.29 bits per heavy atom. The van der Waals surface area contributed by atoms with E-state index >= 15 is 0 Å². The lowest BCUT2D eigenvalue weighted by atomic mass is 10.2. The SMILES string of the molecule is N#Cc1cccc2c1nc(CCl)n2-c1ccc(F)cc1Cl. The zero-order valence-corrected chi connectivity index (χ0v) is 12.2. The molecule has 6 heteroatoms. The number of halogens is 3. The maximum atomic E-state index is 13.2. The number of benzene rings is 2. The van der Waals surface area contributed by atoms with Crippen LogP contribution in [0, 0.1) is 17.1 Å². The first-order chi connectivity index (χ1) is 10.2. The Morgan fingerprint density at radius 2 is 2.10 bits per heavy atom. The zero-order valence-electron chi connectivity index (χ0n) is 10.6. The molecule has 1 heterocycles. The third kappa shape index (κ3) is 2.25. The highest BCUT2D eigenvalue weighted by molar-refractivity contribution is 6.32. The Bertz CT molecular complexity index is 880. The van der Waals surface area contributed by atoms with Crippen molar-refractivity contribution in [2.75, 3.05) is 0 Å². The molecule has 0 fully saturated rings. The van der Waals surface area contributed by atoms with Crippen LogP contribution in [0.3, 0.4) is 0 Å². The van der Waals surface area contributed by atoms with Crippen molar-refractivity contribution in [2.24, 2.45) is 0 Å². The lowest BCUT2D eigenvalue weighted by Crippen LogP contribution is -2.00. The molecular weight excluding hydrogens is 312 g/mol. The van der Waals surface area contributed by atoms with Gasteiger partial charge in [-0.1, -0.05) is 17.7 Å². The van der Waals surface area contributed by atoms with Gasteiger partial charge in [0.1, 0.15) is 23.2 Å². The lowest BCUT2D eigenvalue weighted by Gasteiger charge is -2.10. The van der Waals surface area contributed by atoms with Crippen molar-refractivity contribution < 1.29 is 4.39 Å². The zero-order chi connectivity index (χ0) is 15.0. The second kappa shape index (κ2) is 5.36. The summed E-state index contributed by atoms with van der Waals surface area (Å²) in [5.41, 5.74) is 2.29. The molecule has 104 valence electrons. The molecule has 3 aromatic rings. The number of rotatable bonds is 2. The molecular formula is C15H8Cl2FN3. The molecule has 3 rings (SSSR count). The van der Waals surface area contributed by atoms with Crippen molar-refractivity contribution in [3.05, 3.63) is 58.6 Å². The summed E-state index contributed by atoms with van der Waals surface area (Å²) in [6, 6.07) is 11.5. The summed E-state index contributed by atoms with van der Waals surface area (Å²) in [6.45, 7) is 0. The van der Waals surface area contributed by atoms with Crippen molar-refractivity contribution in [3.63, 3.8) is 0 Å². The largest absolute Gasteiger partial charge is 0.294 e. The molecule has 0 atom stereocenters. The highest BCUT2D eigenvalue weighted by Crippen LogP contribution is 2.29. The van der Waals surface area contributed by atoms with E-state index in [0.717, 1.165) is 0 Å². The Balaban J connectivity index is 2.39. The smallest absolute Gasteiger partial charge is 0.129 e. The maximum Gasteiger partial charge on any atom is 0.129 e. The molecule has 0 saturated carbocycles. The number of para-hydroxylation sites is 1. The fraction of sp³-hybridized carbons (Fsp3) is 0.0667. The second-order valence-corrected chi connectivity index (χ2v) is 5.05. The average molecular weight is 320 g/mol. The van der Waals surface area contributed by atoms with E-state index in [4.69, 9.17) is 28.5 Å². The Kier molecular flexibility index (Phi) is 3.54. The van der Waals surface area contributed by atoms with Crippen LogP contribution in [-0.4, -0.2) is 9.55 Å². The number of nitrogens with zero attached hydrogens (tertiary/aromatic N) is 3. The third-order valence-electron chi connectivity index (χ3n) is 3.15.